The molecule has 0 heterocycles. The number of nitrogens with one attached hydrogen (secondary N) is 1. The molecule has 0 aliphatic carbocycles. The van der Waals surface area contributed by atoms with Crippen LogP contribution in [0.1, 0.15) is 38.3 Å². The van der Waals surface area contributed by atoms with Crippen LogP contribution in [0.15, 0.2) is 36.4 Å². The monoisotopic (exact) mass is 260 g/mol. The summed E-state index contributed by atoms with van der Waals surface area (Å²) in [5.41, 5.74) is 3.96. The first-order valence-electron chi connectivity index (χ1n) is 6.82. The van der Waals surface area contributed by atoms with Crippen LogP contribution in [0.2, 0.25) is 0 Å². The van der Waals surface area contributed by atoms with E-state index >= 15 is 0 Å². The summed E-state index contributed by atoms with van der Waals surface area (Å²) in [6, 6.07) is 11.0. The van der Waals surface area contributed by atoms with E-state index in [0.29, 0.717) is 11.3 Å². The second kappa shape index (κ2) is 6.13. The normalized spacial score (nSPS) is 14.5. The molecule has 3 N–H and O–H groups in total. The Morgan fingerprint density at radius 1 is 1.16 bits per heavy atom. The minimum Gasteiger partial charge on any atom is -0.271 e. The molecule has 19 heavy (non-hydrogen) atoms. The van der Waals surface area contributed by atoms with Gasteiger partial charge in [0.25, 0.3) is 0 Å². The van der Waals surface area contributed by atoms with E-state index in [1.165, 1.54) is 6.07 Å². The molecule has 0 saturated carbocycles. The Hall–Kier alpha value is -1.45. The van der Waals surface area contributed by atoms with Crippen LogP contribution in [-0.2, 0) is 0 Å². The average molecular weight is 260 g/mol. The molecule has 0 fully saturated rings. The molecule has 102 valence electrons. The molecule has 2 nitrogen and oxygen atoms in total. The van der Waals surface area contributed by atoms with Crippen molar-refractivity contribution in [2.45, 2.75) is 32.7 Å². The van der Waals surface area contributed by atoms with Gasteiger partial charge in [0.2, 0.25) is 0 Å². The van der Waals surface area contributed by atoms with Crippen molar-refractivity contribution in [1.82, 2.24) is 5.43 Å². The largest absolute Gasteiger partial charge is 0.271 e. The summed E-state index contributed by atoms with van der Waals surface area (Å²) in [7, 11) is 0. The Labute approximate surface area is 113 Å². The second-order valence-electron chi connectivity index (χ2n) is 5.09. The molecule has 0 aromatic heterocycles. The van der Waals surface area contributed by atoms with Crippen molar-refractivity contribution in [1.29, 1.82) is 0 Å². The van der Waals surface area contributed by atoms with Crippen LogP contribution in [0.3, 0.4) is 0 Å². The summed E-state index contributed by atoms with van der Waals surface area (Å²) in [5, 5.41) is 1.59. The lowest BCUT2D eigenvalue weighted by Crippen LogP contribution is -2.32. The van der Waals surface area contributed by atoms with Crippen molar-refractivity contribution in [2.24, 2.45) is 11.8 Å². The maximum Gasteiger partial charge on any atom is 0.131 e. The lowest BCUT2D eigenvalue weighted by molar-refractivity contribution is 0.370. The molecule has 2 aromatic carbocycles. The highest BCUT2D eigenvalue weighted by molar-refractivity contribution is 5.86. The Morgan fingerprint density at radius 3 is 2.47 bits per heavy atom. The van der Waals surface area contributed by atoms with E-state index in [1.807, 2.05) is 30.3 Å². The van der Waals surface area contributed by atoms with Crippen molar-refractivity contribution in [3.63, 3.8) is 0 Å². The van der Waals surface area contributed by atoms with Gasteiger partial charge in [-0.25, -0.2) is 4.39 Å². The van der Waals surface area contributed by atoms with E-state index < -0.39 is 0 Å². The standard InChI is InChI=1S/C16H21FN2/c1-3-6-11(2)16(19-18)14-9-10-15(17)13-8-5-4-7-12(13)14/h4-5,7-11,16,19H,3,6,18H2,1-2H3. The molecule has 3 heteroatoms. The lowest BCUT2D eigenvalue weighted by atomic mass is 9.88. The highest BCUT2D eigenvalue weighted by Gasteiger charge is 2.20. The van der Waals surface area contributed by atoms with Gasteiger partial charge in [-0.15, -0.1) is 0 Å². The molecule has 0 aliphatic rings. The van der Waals surface area contributed by atoms with Crippen molar-refractivity contribution in [3.8, 4) is 0 Å². The quantitative estimate of drug-likeness (QED) is 0.631. The summed E-state index contributed by atoms with van der Waals surface area (Å²) >= 11 is 0. The first-order valence-corrected chi connectivity index (χ1v) is 6.82. The van der Waals surface area contributed by atoms with Gasteiger partial charge in [-0.1, -0.05) is 50.6 Å². The molecular weight excluding hydrogens is 239 g/mol. The molecule has 0 spiro atoms. The van der Waals surface area contributed by atoms with Gasteiger partial charge in [0, 0.05) is 11.4 Å². The van der Waals surface area contributed by atoms with Crippen molar-refractivity contribution >= 4 is 10.8 Å². The molecule has 2 aromatic rings. The summed E-state index contributed by atoms with van der Waals surface area (Å²) in [4.78, 5) is 0. The topological polar surface area (TPSA) is 38.0 Å². The van der Waals surface area contributed by atoms with Gasteiger partial charge in [-0.05, 0) is 29.4 Å². The van der Waals surface area contributed by atoms with Crippen LogP contribution in [0.5, 0.6) is 0 Å². The van der Waals surface area contributed by atoms with E-state index in [9.17, 15) is 4.39 Å². The number of fused-ring (bicyclic) bond motifs is 1. The van der Waals surface area contributed by atoms with Crippen molar-refractivity contribution in [2.75, 3.05) is 0 Å². The number of nitrogens with two attached hydrogens (primary N) is 1. The molecule has 0 bridgehead atoms. The number of hydrazine groups is 1. The highest BCUT2D eigenvalue weighted by Crippen LogP contribution is 2.31. The predicted molar refractivity (Wildman–Crippen MR) is 78.0 cm³/mol. The molecule has 2 atom stereocenters. The molecule has 2 rings (SSSR count). The van der Waals surface area contributed by atoms with Crippen LogP contribution in [-0.4, -0.2) is 0 Å². The molecule has 0 amide bonds. The molecule has 0 aliphatic heterocycles. The van der Waals surface area contributed by atoms with Crippen molar-refractivity contribution < 1.29 is 4.39 Å². The minimum absolute atomic E-state index is 0.0467. The predicted octanol–water partition coefficient (Wildman–Crippen LogP) is 3.92. The second-order valence-corrected chi connectivity index (χ2v) is 5.09. The first kappa shape index (κ1) is 14.0. The number of benzene rings is 2. The first-order chi connectivity index (χ1) is 9.19. The maximum atomic E-state index is 13.8. The smallest absolute Gasteiger partial charge is 0.131 e. The molecule has 0 saturated heterocycles. The van der Waals surface area contributed by atoms with Crippen LogP contribution in [0, 0.1) is 11.7 Å². The van der Waals surface area contributed by atoms with Gasteiger partial charge in [0.05, 0.1) is 0 Å². The molecule has 0 radical (unpaired) electrons. The number of rotatable bonds is 5. The fraction of sp³-hybridized carbons (Fsp3) is 0.375. The zero-order chi connectivity index (χ0) is 13.8. The summed E-state index contributed by atoms with van der Waals surface area (Å²) in [5.74, 6) is 5.95. The van der Waals surface area contributed by atoms with Gasteiger partial charge >= 0.3 is 0 Å². The fourth-order valence-corrected chi connectivity index (χ4v) is 2.74. The van der Waals surface area contributed by atoms with E-state index in [1.54, 1.807) is 0 Å². The van der Waals surface area contributed by atoms with Crippen LogP contribution in [0.4, 0.5) is 4.39 Å². The van der Waals surface area contributed by atoms with Gasteiger partial charge in [0.1, 0.15) is 5.82 Å². The van der Waals surface area contributed by atoms with E-state index in [-0.39, 0.29) is 11.9 Å². The van der Waals surface area contributed by atoms with Gasteiger partial charge in [-0.3, -0.25) is 11.3 Å². The molecular formula is C16H21FN2. The Bertz CT molecular complexity index is 553. The Balaban J connectivity index is 2.52. The third-order valence-electron chi connectivity index (χ3n) is 3.73. The highest BCUT2D eigenvalue weighted by atomic mass is 19.1. The summed E-state index contributed by atoms with van der Waals surface area (Å²) in [6.45, 7) is 4.33. The number of halogens is 1. The number of hydrogen-bond donors (Lipinski definition) is 2. The van der Waals surface area contributed by atoms with Crippen LogP contribution >= 0.6 is 0 Å². The SMILES string of the molecule is CCCC(C)C(NN)c1ccc(F)c2ccccc12. The zero-order valence-electron chi connectivity index (χ0n) is 11.5. The average Bonchev–Trinajstić information content (AvgIpc) is 2.43. The van der Waals surface area contributed by atoms with Gasteiger partial charge in [0.15, 0.2) is 0 Å². The van der Waals surface area contributed by atoms with E-state index in [2.05, 4.69) is 19.3 Å². The third kappa shape index (κ3) is 2.77. The third-order valence-corrected chi connectivity index (χ3v) is 3.73. The Morgan fingerprint density at radius 2 is 1.84 bits per heavy atom. The van der Waals surface area contributed by atoms with Gasteiger partial charge < -0.3 is 0 Å². The number of hydrogen-bond acceptors (Lipinski definition) is 2. The van der Waals surface area contributed by atoms with Crippen molar-refractivity contribution in [3.05, 3.63) is 47.8 Å². The Kier molecular flexibility index (Phi) is 4.51. The zero-order valence-corrected chi connectivity index (χ0v) is 11.5. The maximum absolute atomic E-state index is 13.8. The van der Waals surface area contributed by atoms with Crippen LogP contribution < -0.4 is 11.3 Å². The fourth-order valence-electron chi connectivity index (χ4n) is 2.74. The minimum atomic E-state index is -0.182. The summed E-state index contributed by atoms with van der Waals surface area (Å²) < 4.78 is 13.8. The van der Waals surface area contributed by atoms with Crippen LogP contribution in [0.25, 0.3) is 10.8 Å². The lowest BCUT2D eigenvalue weighted by Gasteiger charge is -2.24. The molecule has 2 unspecified atom stereocenters. The summed E-state index contributed by atoms with van der Waals surface area (Å²) in [6.07, 6.45) is 2.19. The van der Waals surface area contributed by atoms with Gasteiger partial charge in [-0.2, -0.15) is 0 Å². The van der Waals surface area contributed by atoms with E-state index in [4.69, 9.17) is 5.84 Å². The van der Waals surface area contributed by atoms with E-state index in [0.717, 1.165) is 23.8 Å².